The predicted octanol–water partition coefficient (Wildman–Crippen LogP) is 4.40. The maximum atomic E-state index is 13.2. The van der Waals surface area contributed by atoms with Crippen molar-refractivity contribution in [1.29, 1.82) is 0 Å². The summed E-state index contributed by atoms with van der Waals surface area (Å²) >= 11 is 5.97. The lowest BCUT2D eigenvalue weighted by Gasteiger charge is -2.11. The Balaban J connectivity index is 2.40. The first-order valence-electron chi connectivity index (χ1n) is 6.87. The number of nitrogens with two attached hydrogens (primary N) is 1. The Morgan fingerprint density at radius 1 is 1.04 bits per heavy atom. The molecule has 2 heterocycles. The van der Waals surface area contributed by atoms with E-state index in [0.717, 1.165) is 4.68 Å². The summed E-state index contributed by atoms with van der Waals surface area (Å²) in [6, 6.07) is 4.48. The molecule has 3 rings (SSSR count). The molecule has 2 N–H and O–H groups in total. The molecule has 0 spiro atoms. The van der Waals surface area contributed by atoms with Crippen LogP contribution in [0.5, 0.6) is 0 Å². The number of fused-ring (bicyclic) bond motifs is 1. The second-order valence-corrected chi connectivity index (χ2v) is 5.68. The van der Waals surface area contributed by atoms with E-state index in [0.29, 0.717) is 5.56 Å². The maximum absolute atomic E-state index is 13.2. The van der Waals surface area contributed by atoms with Crippen LogP contribution >= 0.6 is 11.6 Å². The van der Waals surface area contributed by atoms with E-state index in [1.807, 2.05) is 0 Å². The molecule has 0 saturated heterocycles. The van der Waals surface area contributed by atoms with Gasteiger partial charge in [-0.05, 0) is 24.6 Å². The molecule has 0 unspecified atom stereocenters. The van der Waals surface area contributed by atoms with Crippen LogP contribution in [0, 0.1) is 6.92 Å². The zero-order valence-corrected chi connectivity index (χ0v) is 13.5. The molecule has 0 bridgehead atoms. The van der Waals surface area contributed by atoms with Gasteiger partial charge in [0, 0.05) is 5.02 Å². The van der Waals surface area contributed by atoms with Gasteiger partial charge in [0.15, 0.2) is 11.3 Å². The van der Waals surface area contributed by atoms with Crippen molar-refractivity contribution in [2.45, 2.75) is 19.3 Å². The molecule has 0 aliphatic carbocycles. The molecule has 5 nitrogen and oxygen atoms in total. The molecule has 0 aliphatic rings. The number of hydrogen-bond donors (Lipinski definition) is 1. The van der Waals surface area contributed by atoms with Gasteiger partial charge in [-0.1, -0.05) is 17.7 Å². The van der Waals surface area contributed by atoms with Gasteiger partial charge in [0.2, 0.25) is 5.82 Å². The lowest BCUT2D eigenvalue weighted by molar-refractivity contribution is -0.151. The summed E-state index contributed by atoms with van der Waals surface area (Å²) < 4.78 is 79.2. The van der Waals surface area contributed by atoms with Gasteiger partial charge in [0.05, 0.1) is 11.1 Å². The van der Waals surface area contributed by atoms with Crippen molar-refractivity contribution in [3.8, 4) is 5.69 Å². The Labute approximate surface area is 146 Å². The number of benzene rings is 1. The fraction of sp³-hybridized carbons (Fsp3) is 0.214. The molecule has 26 heavy (non-hydrogen) atoms. The van der Waals surface area contributed by atoms with Crippen LogP contribution in [0.25, 0.3) is 16.7 Å². The Morgan fingerprint density at radius 3 is 2.27 bits per heavy atom. The standard InChI is InChI=1S/C14H8ClF6N5/c1-5-6(15)3-2-4-7(5)26-10(22)8-9(13(16,17)18)23-12(14(19,20)21)24-11(8)25-26/h2-4H,22H2,1H3. The molecule has 0 atom stereocenters. The minimum Gasteiger partial charge on any atom is -0.383 e. The van der Waals surface area contributed by atoms with E-state index in [4.69, 9.17) is 17.3 Å². The molecule has 0 fully saturated rings. The van der Waals surface area contributed by atoms with Gasteiger partial charge in [-0.25, -0.2) is 14.6 Å². The van der Waals surface area contributed by atoms with Crippen LogP contribution in [0.4, 0.5) is 32.2 Å². The van der Waals surface area contributed by atoms with Gasteiger partial charge in [-0.2, -0.15) is 26.3 Å². The molecule has 0 aliphatic heterocycles. The quantitative estimate of drug-likeness (QED) is 0.620. The van der Waals surface area contributed by atoms with Gasteiger partial charge in [-0.3, -0.25) is 0 Å². The number of anilines is 1. The number of nitrogens with zero attached hydrogens (tertiary/aromatic N) is 4. The number of halogens is 7. The molecule has 0 saturated carbocycles. The van der Waals surface area contributed by atoms with E-state index in [1.165, 1.54) is 18.2 Å². The van der Waals surface area contributed by atoms with Gasteiger partial charge in [0.1, 0.15) is 5.82 Å². The molecule has 138 valence electrons. The Morgan fingerprint density at radius 2 is 1.69 bits per heavy atom. The Kier molecular flexibility index (Phi) is 4.02. The van der Waals surface area contributed by atoms with Crippen molar-refractivity contribution in [1.82, 2.24) is 19.7 Å². The summed E-state index contributed by atoms with van der Waals surface area (Å²) in [5.74, 6) is -2.50. The molecular weight excluding hydrogens is 388 g/mol. The summed E-state index contributed by atoms with van der Waals surface area (Å²) in [5, 5.41) is 3.18. The molecule has 0 radical (unpaired) electrons. The number of rotatable bonds is 1. The third-order valence-corrected chi connectivity index (χ3v) is 3.97. The van der Waals surface area contributed by atoms with Crippen molar-refractivity contribution in [2.75, 3.05) is 5.73 Å². The molecule has 12 heteroatoms. The van der Waals surface area contributed by atoms with E-state index in [9.17, 15) is 26.3 Å². The zero-order valence-electron chi connectivity index (χ0n) is 12.7. The fourth-order valence-corrected chi connectivity index (χ4v) is 2.52. The van der Waals surface area contributed by atoms with Gasteiger partial charge in [-0.15, -0.1) is 5.10 Å². The first kappa shape index (κ1) is 18.2. The minimum atomic E-state index is -5.19. The van der Waals surface area contributed by atoms with Crippen molar-refractivity contribution >= 4 is 28.5 Å². The summed E-state index contributed by atoms with van der Waals surface area (Å²) in [6.07, 6.45) is -10.4. The van der Waals surface area contributed by atoms with Gasteiger partial charge >= 0.3 is 12.4 Å². The molecular formula is C14H8ClF6N5. The SMILES string of the molecule is Cc1c(Cl)cccc1-n1nc2nc(C(F)(F)F)nc(C(F)(F)F)c2c1N. The highest BCUT2D eigenvalue weighted by atomic mass is 35.5. The largest absolute Gasteiger partial charge is 0.451 e. The average Bonchev–Trinajstić information content (AvgIpc) is 2.84. The van der Waals surface area contributed by atoms with E-state index in [1.54, 1.807) is 6.92 Å². The third-order valence-electron chi connectivity index (χ3n) is 3.56. The highest BCUT2D eigenvalue weighted by Gasteiger charge is 2.43. The van der Waals surface area contributed by atoms with E-state index < -0.39 is 40.7 Å². The molecule has 2 aromatic heterocycles. The Bertz CT molecular complexity index is 1010. The smallest absolute Gasteiger partial charge is 0.383 e. The lowest BCUT2D eigenvalue weighted by Crippen LogP contribution is -2.17. The third kappa shape index (κ3) is 2.91. The fourth-order valence-electron chi connectivity index (χ4n) is 2.35. The maximum Gasteiger partial charge on any atom is 0.451 e. The highest BCUT2D eigenvalue weighted by Crippen LogP contribution is 2.39. The van der Waals surface area contributed by atoms with Crippen LogP contribution in [0.15, 0.2) is 18.2 Å². The number of hydrogen-bond acceptors (Lipinski definition) is 4. The normalized spacial score (nSPS) is 12.8. The van der Waals surface area contributed by atoms with E-state index in [2.05, 4.69) is 15.1 Å². The second kappa shape index (κ2) is 5.73. The molecule has 3 aromatic rings. The monoisotopic (exact) mass is 395 g/mol. The first-order valence-corrected chi connectivity index (χ1v) is 7.25. The molecule has 1 aromatic carbocycles. The number of aromatic nitrogens is 4. The number of nitrogen functional groups attached to an aromatic ring is 1. The van der Waals surface area contributed by atoms with Crippen molar-refractivity contribution < 1.29 is 26.3 Å². The predicted molar refractivity (Wildman–Crippen MR) is 80.8 cm³/mol. The second-order valence-electron chi connectivity index (χ2n) is 5.27. The van der Waals surface area contributed by atoms with Crippen molar-refractivity contribution in [2.24, 2.45) is 0 Å². The summed E-state index contributed by atoms with van der Waals surface area (Å²) in [4.78, 5) is 5.73. The zero-order chi connectivity index (χ0) is 19.4. The van der Waals surface area contributed by atoms with Crippen LogP contribution in [-0.2, 0) is 12.4 Å². The first-order chi connectivity index (χ1) is 11.9. The van der Waals surface area contributed by atoms with Gasteiger partial charge < -0.3 is 5.73 Å². The van der Waals surface area contributed by atoms with E-state index in [-0.39, 0.29) is 10.7 Å². The van der Waals surface area contributed by atoms with Crippen LogP contribution in [-0.4, -0.2) is 19.7 Å². The van der Waals surface area contributed by atoms with Crippen LogP contribution in [0.3, 0.4) is 0 Å². The minimum absolute atomic E-state index is 0.203. The number of alkyl halides is 6. The van der Waals surface area contributed by atoms with Crippen LogP contribution < -0.4 is 5.73 Å². The topological polar surface area (TPSA) is 69.6 Å². The van der Waals surface area contributed by atoms with Gasteiger partial charge in [0.25, 0.3) is 0 Å². The van der Waals surface area contributed by atoms with Crippen molar-refractivity contribution in [3.63, 3.8) is 0 Å². The highest BCUT2D eigenvalue weighted by molar-refractivity contribution is 6.31. The van der Waals surface area contributed by atoms with Crippen LogP contribution in [0.1, 0.15) is 17.1 Å². The summed E-state index contributed by atoms with van der Waals surface area (Å²) in [7, 11) is 0. The van der Waals surface area contributed by atoms with Crippen molar-refractivity contribution in [3.05, 3.63) is 40.3 Å². The average molecular weight is 396 g/mol. The van der Waals surface area contributed by atoms with E-state index >= 15 is 0 Å². The van der Waals surface area contributed by atoms with Crippen LogP contribution in [0.2, 0.25) is 5.02 Å². The Hall–Kier alpha value is -2.56. The lowest BCUT2D eigenvalue weighted by atomic mass is 10.2. The summed E-state index contributed by atoms with van der Waals surface area (Å²) in [5.41, 5.74) is 3.74. The summed E-state index contributed by atoms with van der Waals surface area (Å²) in [6.45, 7) is 1.56. The molecule has 0 amide bonds.